The second-order valence-electron chi connectivity index (χ2n) is 4.59. The van der Waals surface area contributed by atoms with Gasteiger partial charge in [-0.1, -0.05) is 30.3 Å². The van der Waals surface area contributed by atoms with Crippen molar-refractivity contribution in [3.05, 3.63) is 59.7 Å². The Balaban J connectivity index is 2.04. The molecule has 2 N–H and O–H groups in total. The highest BCUT2D eigenvalue weighted by atomic mass is 32.2. The van der Waals surface area contributed by atoms with E-state index < -0.39 is 9.84 Å². The Kier molecular flexibility index (Phi) is 4.42. The molecule has 2 rings (SSSR count). The van der Waals surface area contributed by atoms with Crippen LogP contribution in [0.25, 0.3) is 0 Å². The monoisotopic (exact) mass is 291 g/mol. The summed E-state index contributed by atoms with van der Waals surface area (Å²) in [6.07, 6.45) is 0. The van der Waals surface area contributed by atoms with Crippen LogP contribution in [-0.2, 0) is 21.2 Å². The first-order chi connectivity index (χ1) is 9.49. The summed E-state index contributed by atoms with van der Waals surface area (Å²) in [6, 6.07) is 14.2. The third kappa shape index (κ3) is 3.59. The van der Waals surface area contributed by atoms with Gasteiger partial charge in [0.05, 0.1) is 11.5 Å². The van der Waals surface area contributed by atoms with Gasteiger partial charge in [0.2, 0.25) is 9.84 Å². The lowest BCUT2D eigenvalue weighted by Crippen LogP contribution is -2.11. The summed E-state index contributed by atoms with van der Waals surface area (Å²) in [6.45, 7) is 1.99. The number of nitrogens with two attached hydrogens (primary N) is 1. The van der Waals surface area contributed by atoms with Crippen molar-refractivity contribution in [1.82, 2.24) is 0 Å². The molecule has 20 heavy (non-hydrogen) atoms. The van der Waals surface area contributed by atoms with Gasteiger partial charge in [-0.15, -0.1) is 0 Å². The van der Waals surface area contributed by atoms with Crippen molar-refractivity contribution in [3.8, 4) is 0 Å². The average molecular weight is 291 g/mol. The largest absolute Gasteiger partial charge is 0.399 e. The third-order valence-corrected chi connectivity index (χ3v) is 4.49. The topological polar surface area (TPSA) is 69.4 Å². The fraction of sp³-hybridized carbons (Fsp3) is 0.200. The quantitative estimate of drug-likeness (QED) is 0.859. The van der Waals surface area contributed by atoms with Crippen LogP contribution in [0.5, 0.6) is 0 Å². The first-order valence-electron chi connectivity index (χ1n) is 6.19. The molecule has 0 unspecified atom stereocenters. The van der Waals surface area contributed by atoms with Crippen molar-refractivity contribution in [2.75, 3.05) is 11.7 Å². The van der Waals surface area contributed by atoms with E-state index in [9.17, 15) is 8.42 Å². The molecule has 0 atom stereocenters. The molecule has 0 bridgehead atoms. The average Bonchev–Trinajstić information content (AvgIpc) is 2.39. The van der Waals surface area contributed by atoms with Gasteiger partial charge in [0.15, 0.2) is 5.94 Å². The molecule has 2 aromatic rings. The molecule has 0 radical (unpaired) electrons. The highest BCUT2D eigenvalue weighted by Gasteiger charge is 2.17. The summed E-state index contributed by atoms with van der Waals surface area (Å²) >= 11 is 0. The number of hydrogen-bond acceptors (Lipinski definition) is 4. The van der Waals surface area contributed by atoms with E-state index in [2.05, 4.69) is 0 Å². The summed E-state index contributed by atoms with van der Waals surface area (Å²) in [7, 11) is -3.46. The lowest BCUT2D eigenvalue weighted by molar-refractivity contribution is 0.163. The van der Waals surface area contributed by atoms with Crippen LogP contribution >= 0.6 is 0 Å². The minimum atomic E-state index is -3.46. The van der Waals surface area contributed by atoms with Crippen molar-refractivity contribution in [1.29, 1.82) is 0 Å². The van der Waals surface area contributed by atoms with Crippen LogP contribution in [0.3, 0.4) is 0 Å². The SMILES string of the molecule is Cc1cc(N)ccc1S(=O)(=O)COCc1ccccc1. The molecule has 106 valence electrons. The third-order valence-electron chi connectivity index (χ3n) is 2.88. The van der Waals surface area contributed by atoms with Crippen LogP contribution in [0, 0.1) is 6.92 Å². The zero-order valence-corrected chi connectivity index (χ0v) is 12.1. The Morgan fingerprint density at radius 2 is 1.80 bits per heavy atom. The molecule has 0 heterocycles. The van der Waals surface area contributed by atoms with Crippen LogP contribution < -0.4 is 5.73 Å². The number of rotatable bonds is 5. The maximum Gasteiger partial charge on any atom is 0.202 e. The van der Waals surface area contributed by atoms with Crippen LogP contribution in [0.2, 0.25) is 0 Å². The van der Waals surface area contributed by atoms with Crippen molar-refractivity contribution in [2.45, 2.75) is 18.4 Å². The molecule has 0 aliphatic heterocycles. The van der Waals surface area contributed by atoms with Crippen molar-refractivity contribution in [2.24, 2.45) is 0 Å². The number of ether oxygens (including phenoxy) is 1. The van der Waals surface area contributed by atoms with E-state index in [1.807, 2.05) is 30.3 Å². The van der Waals surface area contributed by atoms with Crippen LogP contribution in [0.1, 0.15) is 11.1 Å². The van der Waals surface area contributed by atoms with Gasteiger partial charge >= 0.3 is 0 Å². The molecule has 0 amide bonds. The Hall–Kier alpha value is -1.85. The molecule has 0 saturated carbocycles. The fourth-order valence-corrected chi connectivity index (χ4v) is 3.18. The van der Waals surface area contributed by atoms with Crippen LogP contribution in [-0.4, -0.2) is 14.4 Å². The summed E-state index contributed by atoms with van der Waals surface area (Å²) < 4.78 is 29.7. The minimum absolute atomic E-state index is 0.264. The van der Waals surface area contributed by atoms with Gasteiger partial charge in [-0.25, -0.2) is 8.42 Å². The van der Waals surface area contributed by atoms with E-state index in [1.54, 1.807) is 19.1 Å². The van der Waals surface area contributed by atoms with E-state index in [1.165, 1.54) is 6.07 Å². The number of benzene rings is 2. The molecule has 0 aromatic heterocycles. The smallest absolute Gasteiger partial charge is 0.202 e. The Bertz CT molecular complexity index is 682. The maximum absolute atomic E-state index is 12.2. The summed E-state index contributed by atoms with van der Waals surface area (Å²) in [5.74, 6) is -0.341. The summed E-state index contributed by atoms with van der Waals surface area (Å²) in [5, 5.41) is 0. The number of sulfone groups is 1. The number of hydrogen-bond donors (Lipinski definition) is 1. The normalized spacial score (nSPS) is 11.4. The highest BCUT2D eigenvalue weighted by molar-refractivity contribution is 7.91. The molecule has 2 aromatic carbocycles. The first kappa shape index (κ1) is 14.6. The molecular weight excluding hydrogens is 274 g/mol. The van der Waals surface area contributed by atoms with Crippen LogP contribution in [0.4, 0.5) is 5.69 Å². The van der Waals surface area contributed by atoms with Crippen molar-refractivity contribution < 1.29 is 13.2 Å². The second-order valence-corrected chi connectivity index (χ2v) is 6.50. The first-order valence-corrected chi connectivity index (χ1v) is 7.85. The minimum Gasteiger partial charge on any atom is -0.399 e. The van der Waals surface area contributed by atoms with Gasteiger partial charge in [-0.05, 0) is 36.2 Å². The Morgan fingerprint density at radius 1 is 1.10 bits per heavy atom. The predicted octanol–water partition coefficient (Wildman–Crippen LogP) is 2.53. The van der Waals surface area contributed by atoms with E-state index in [-0.39, 0.29) is 17.4 Å². The Labute approximate surface area is 119 Å². The van der Waals surface area contributed by atoms with Gasteiger partial charge in [-0.3, -0.25) is 0 Å². The molecule has 0 fully saturated rings. The van der Waals surface area contributed by atoms with Crippen LogP contribution in [0.15, 0.2) is 53.4 Å². The van der Waals surface area contributed by atoms with Crippen molar-refractivity contribution >= 4 is 15.5 Å². The highest BCUT2D eigenvalue weighted by Crippen LogP contribution is 2.19. The molecule has 5 heteroatoms. The molecule has 0 aliphatic rings. The van der Waals surface area contributed by atoms with E-state index in [0.717, 1.165) is 5.56 Å². The number of aryl methyl sites for hydroxylation is 1. The van der Waals surface area contributed by atoms with Gasteiger partial charge in [0.1, 0.15) is 0 Å². The fourth-order valence-electron chi connectivity index (χ4n) is 1.93. The molecular formula is C15H17NO3S. The molecule has 0 spiro atoms. The number of nitrogen functional groups attached to an aromatic ring is 1. The summed E-state index contributed by atoms with van der Waals surface area (Å²) in [4.78, 5) is 0.264. The maximum atomic E-state index is 12.2. The Morgan fingerprint density at radius 3 is 2.45 bits per heavy atom. The van der Waals surface area contributed by atoms with E-state index >= 15 is 0 Å². The van der Waals surface area contributed by atoms with E-state index in [0.29, 0.717) is 11.3 Å². The van der Waals surface area contributed by atoms with Crippen molar-refractivity contribution in [3.63, 3.8) is 0 Å². The van der Waals surface area contributed by atoms with Gasteiger partial charge in [0.25, 0.3) is 0 Å². The number of anilines is 1. The zero-order valence-electron chi connectivity index (χ0n) is 11.2. The molecule has 4 nitrogen and oxygen atoms in total. The zero-order chi connectivity index (χ0) is 14.6. The van der Waals surface area contributed by atoms with Gasteiger partial charge < -0.3 is 10.5 Å². The van der Waals surface area contributed by atoms with E-state index in [4.69, 9.17) is 10.5 Å². The molecule has 0 saturated heterocycles. The lowest BCUT2D eigenvalue weighted by Gasteiger charge is -2.09. The predicted molar refractivity (Wildman–Crippen MR) is 78.9 cm³/mol. The van der Waals surface area contributed by atoms with Gasteiger partial charge in [-0.2, -0.15) is 0 Å². The second kappa shape index (κ2) is 6.07. The standard InChI is InChI=1S/C15H17NO3S/c1-12-9-14(16)7-8-15(12)20(17,18)11-19-10-13-5-3-2-4-6-13/h2-9H,10-11,16H2,1H3. The lowest BCUT2D eigenvalue weighted by atomic mass is 10.2. The van der Waals surface area contributed by atoms with Gasteiger partial charge in [0, 0.05) is 5.69 Å². The molecule has 0 aliphatic carbocycles. The summed E-state index contributed by atoms with van der Waals surface area (Å²) in [5.41, 5.74) is 7.74.